The van der Waals surface area contributed by atoms with E-state index < -0.39 is 24.0 Å². The van der Waals surface area contributed by atoms with Crippen molar-refractivity contribution in [3.05, 3.63) is 0 Å². The largest absolute Gasteiger partial charge is 0.475 e. The van der Waals surface area contributed by atoms with Crippen molar-refractivity contribution < 1.29 is 46.0 Å². The predicted octanol–water partition coefficient (Wildman–Crippen LogP) is -0.424. The van der Waals surface area contributed by atoms with Crippen LogP contribution in [0.3, 0.4) is 0 Å². The molecule has 1 N–H and O–H groups in total. The summed E-state index contributed by atoms with van der Waals surface area (Å²) in [6, 6.07) is 0. The van der Waals surface area contributed by atoms with Gasteiger partial charge in [0.25, 0.3) is 0 Å². The van der Waals surface area contributed by atoms with Crippen LogP contribution < -0.4 is 0 Å². The molecule has 0 saturated heterocycles. The predicted molar refractivity (Wildman–Crippen MR) is 37.6 cm³/mol. The summed E-state index contributed by atoms with van der Waals surface area (Å²) in [5, 5.41) is 8.08. The van der Waals surface area contributed by atoms with Crippen LogP contribution in [0.15, 0.2) is 0 Å². The Morgan fingerprint density at radius 1 is 1.08 bits per heavy atom. The maximum absolute atomic E-state index is 10.7. The van der Waals surface area contributed by atoms with E-state index >= 15 is 0 Å². The average molecular weight is 220 g/mol. The van der Waals surface area contributed by atoms with E-state index in [0.29, 0.717) is 0 Å². The SMILES string of the molecule is CC(=O)CC(=O)CC(=O)C(=O)O.[Ti]. The Morgan fingerprint density at radius 3 is 1.85 bits per heavy atom. The summed E-state index contributed by atoms with van der Waals surface area (Å²) in [7, 11) is 0. The van der Waals surface area contributed by atoms with Crippen LogP contribution in [0.4, 0.5) is 0 Å². The molecule has 0 heterocycles. The van der Waals surface area contributed by atoms with Crippen LogP contribution in [0.5, 0.6) is 0 Å². The van der Waals surface area contributed by atoms with Crippen molar-refractivity contribution in [2.24, 2.45) is 0 Å². The summed E-state index contributed by atoms with van der Waals surface area (Å²) in [6.07, 6.45) is -1.08. The first-order valence-corrected chi connectivity index (χ1v) is 3.20. The standard InChI is InChI=1S/C7H8O5.Ti/c1-4(8)2-5(9)3-6(10)7(11)12;/h2-3H2,1H3,(H,11,12);. The third-order valence-electron chi connectivity index (χ3n) is 1.04. The van der Waals surface area contributed by atoms with Crippen molar-refractivity contribution in [2.45, 2.75) is 19.8 Å². The third-order valence-corrected chi connectivity index (χ3v) is 1.04. The smallest absolute Gasteiger partial charge is 0.372 e. The number of Topliss-reactive ketones (excluding diaryl/α,β-unsaturated/α-hetero) is 3. The van der Waals surface area contributed by atoms with Gasteiger partial charge in [0.1, 0.15) is 11.6 Å². The van der Waals surface area contributed by atoms with Gasteiger partial charge >= 0.3 is 5.97 Å². The van der Waals surface area contributed by atoms with Crippen LogP contribution in [0.1, 0.15) is 19.8 Å². The maximum Gasteiger partial charge on any atom is 0.372 e. The monoisotopic (exact) mass is 220 g/mol. The Labute approximate surface area is 89.4 Å². The molecule has 6 heteroatoms. The zero-order valence-electron chi connectivity index (χ0n) is 6.99. The quantitative estimate of drug-likeness (QED) is 0.386. The van der Waals surface area contributed by atoms with Crippen molar-refractivity contribution in [1.82, 2.24) is 0 Å². The number of carbonyl (C=O) groups excluding carboxylic acids is 3. The first-order valence-electron chi connectivity index (χ1n) is 3.20. The third kappa shape index (κ3) is 7.55. The number of carboxylic acid groups (broad SMARTS) is 1. The number of ketones is 3. The molecule has 0 unspecified atom stereocenters. The van der Waals surface area contributed by atoms with E-state index in [9.17, 15) is 19.2 Å². The van der Waals surface area contributed by atoms with Gasteiger partial charge in [-0.15, -0.1) is 0 Å². The Bertz CT molecular complexity index is 245. The van der Waals surface area contributed by atoms with Gasteiger partial charge in [-0.25, -0.2) is 4.79 Å². The molecule has 0 atom stereocenters. The number of carboxylic acids is 1. The summed E-state index contributed by atoms with van der Waals surface area (Å²) >= 11 is 0. The Morgan fingerprint density at radius 2 is 1.54 bits per heavy atom. The fourth-order valence-corrected chi connectivity index (χ4v) is 0.595. The van der Waals surface area contributed by atoms with Gasteiger partial charge in [0.15, 0.2) is 0 Å². The number of hydrogen-bond donors (Lipinski definition) is 1. The number of hydrogen-bond acceptors (Lipinski definition) is 4. The Kier molecular flexibility index (Phi) is 7.56. The molecular formula is C7H8O5Ti. The van der Waals surface area contributed by atoms with E-state index in [0.717, 1.165) is 0 Å². The van der Waals surface area contributed by atoms with Gasteiger partial charge < -0.3 is 5.11 Å². The molecular weight excluding hydrogens is 212 g/mol. The van der Waals surface area contributed by atoms with Crippen molar-refractivity contribution in [3.63, 3.8) is 0 Å². The van der Waals surface area contributed by atoms with Crippen molar-refractivity contribution in [3.8, 4) is 0 Å². The van der Waals surface area contributed by atoms with Crippen LogP contribution >= 0.6 is 0 Å². The number of rotatable bonds is 5. The van der Waals surface area contributed by atoms with Gasteiger partial charge in [0.05, 0.1) is 12.8 Å². The average Bonchev–Trinajstić information content (AvgIpc) is 1.84. The van der Waals surface area contributed by atoms with Crippen LogP contribution in [-0.4, -0.2) is 28.4 Å². The molecule has 0 aliphatic carbocycles. The van der Waals surface area contributed by atoms with Gasteiger partial charge in [-0.2, -0.15) is 0 Å². The van der Waals surface area contributed by atoms with Crippen molar-refractivity contribution in [1.29, 1.82) is 0 Å². The van der Waals surface area contributed by atoms with Crippen LogP contribution in [0.2, 0.25) is 0 Å². The zero-order valence-corrected chi connectivity index (χ0v) is 8.56. The summed E-state index contributed by atoms with van der Waals surface area (Å²) in [5.41, 5.74) is 0. The molecule has 0 saturated carbocycles. The van der Waals surface area contributed by atoms with Crippen LogP contribution in [0.25, 0.3) is 0 Å². The van der Waals surface area contributed by atoms with E-state index in [4.69, 9.17) is 5.11 Å². The second-order valence-electron chi connectivity index (χ2n) is 2.32. The van der Waals surface area contributed by atoms with Gasteiger partial charge in [-0.3, -0.25) is 14.4 Å². The van der Waals surface area contributed by atoms with Crippen molar-refractivity contribution in [2.75, 3.05) is 0 Å². The molecule has 0 aromatic rings. The minimum atomic E-state index is -1.65. The first-order chi connectivity index (χ1) is 5.43. The molecule has 0 spiro atoms. The van der Waals surface area contributed by atoms with Gasteiger partial charge in [0.2, 0.25) is 5.78 Å². The number of carbonyl (C=O) groups is 4. The first kappa shape index (κ1) is 14.7. The van der Waals surface area contributed by atoms with E-state index in [1.54, 1.807) is 0 Å². The Balaban J connectivity index is 0. The minimum absolute atomic E-state index is 0. The topological polar surface area (TPSA) is 88.5 Å². The summed E-state index contributed by atoms with van der Waals surface area (Å²) in [6.45, 7) is 1.20. The number of aliphatic carboxylic acids is 1. The molecule has 13 heavy (non-hydrogen) atoms. The molecule has 0 aliphatic rings. The molecule has 0 rings (SSSR count). The fraction of sp³-hybridized carbons (Fsp3) is 0.429. The molecule has 0 bridgehead atoms. The van der Waals surface area contributed by atoms with E-state index in [2.05, 4.69) is 0 Å². The van der Waals surface area contributed by atoms with Gasteiger partial charge in [-0.05, 0) is 6.92 Å². The van der Waals surface area contributed by atoms with Crippen LogP contribution in [0, 0.1) is 0 Å². The molecule has 0 fully saturated rings. The fourth-order valence-electron chi connectivity index (χ4n) is 0.595. The maximum atomic E-state index is 10.7. The normalized spacial score (nSPS) is 8.38. The summed E-state index contributed by atoms with van der Waals surface area (Å²) in [5.74, 6) is -3.86. The van der Waals surface area contributed by atoms with Gasteiger partial charge in [0, 0.05) is 21.7 Å². The van der Waals surface area contributed by atoms with Crippen LogP contribution in [-0.2, 0) is 40.9 Å². The van der Waals surface area contributed by atoms with E-state index in [1.807, 2.05) is 0 Å². The molecule has 0 aliphatic heterocycles. The van der Waals surface area contributed by atoms with E-state index in [1.165, 1.54) is 6.92 Å². The van der Waals surface area contributed by atoms with E-state index in [-0.39, 0.29) is 33.9 Å². The zero-order chi connectivity index (χ0) is 9.72. The summed E-state index contributed by atoms with van der Waals surface area (Å²) < 4.78 is 0. The molecule has 0 radical (unpaired) electrons. The summed E-state index contributed by atoms with van der Waals surface area (Å²) in [4.78, 5) is 41.3. The molecule has 5 nitrogen and oxygen atoms in total. The van der Waals surface area contributed by atoms with Crippen molar-refractivity contribution >= 4 is 23.3 Å². The van der Waals surface area contributed by atoms with Gasteiger partial charge in [-0.1, -0.05) is 0 Å². The molecule has 70 valence electrons. The molecule has 0 aromatic carbocycles. The molecule has 0 amide bonds. The second-order valence-corrected chi connectivity index (χ2v) is 2.32. The Hall–Kier alpha value is -0.806. The molecule has 0 aromatic heterocycles. The minimum Gasteiger partial charge on any atom is -0.475 e. The second kappa shape index (κ2) is 6.68.